The van der Waals surface area contributed by atoms with Gasteiger partial charge in [0.1, 0.15) is 11.4 Å². The Balaban J connectivity index is 2.08. The van der Waals surface area contributed by atoms with Gasteiger partial charge < -0.3 is 20.8 Å². The number of carboxylic acids is 1. The molecule has 0 spiro atoms. The molecular formula is C15H24N4O3. The maximum atomic E-state index is 11.3. The average Bonchev–Trinajstić information content (AvgIpc) is 2.50. The number of aliphatic hydroxyl groups is 1. The number of aromatic carboxylic acids is 1. The van der Waals surface area contributed by atoms with E-state index in [0.717, 1.165) is 45.1 Å². The zero-order valence-electron chi connectivity index (χ0n) is 12.9. The number of hydrogen-bond donors (Lipinski definition) is 4. The first-order chi connectivity index (χ1) is 10.6. The molecule has 4 N–H and O–H groups in total. The standard InChI is InChI=1S/C15H24N4O3/c1-2-3-8-16-15-17-9-12(14(21)22)13(19-15)18-10-4-6-11(20)7-5-10/h9-11,20H,2-8H2,1H3,(H,21,22)(H2,16,17,18,19). The largest absolute Gasteiger partial charge is 0.477 e. The number of carboxylic acid groups (broad SMARTS) is 1. The van der Waals surface area contributed by atoms with Crippen LogP contribution in [-0.2, 0) is 0 Å². The molecule has 7 nitrogen and oxygen atoms in total. The minimum Gasteiger partial charge on any atom is -0.477 e. The zero-order valence-corrected chi connectivity index (χ0v) is 12.9. The molecule has 1 saturated carbocycles. The van der Waals surface area contributed by atoms with Gasteiger partial charge in [0, 0.05) is 18.8 Å². The van der Waals surface area contributed by atoms with Gasteiger partial charge in [0.05, 0.1) is 6.10 Å². The molecule has 1 fully saturated rings. The molecule has 1 aromatic rings. The van der Waals surface area contributed by atoms with Gasteiger partial charge in [0.15, 0.2) is 0 Å². The second kappa shape index (κ2) is 7.93. The minimum absolute atomic E-state index is 0.0761. The molecule has 7 heteroatoms. The predicted octanol–water partition coefficient (Wildman–Crippen LogP) is 2.10. The summed E-state index contributed by atoms with van der Waals surface area (Å²) in [7, 11) is 0. The predicted molar refractivity (Wildman–Crippen MR) is 84.3 cm³/mol. The van der Waals surface area contributed by atoms with Crippen molar-refractivity contribution in [2.24, 2.45) is 0 Å². The Labute approximate surface area is 130 Å². The molecule has 0 radical (unpaired) electrons. The topological polar surface area (TPSA) is 107 Å². The maximum absolute atomic E-state index is 11.3. The lowest BCUT2D eigenvalue weighted by Gasteiger charge is -2.27. The normalized spacial score (nSPS) is 21.4. The molecule has 0 atom stereocenters. The lowest BCUT2D eigenvalue weighted by molar-refractivity contribution is 0.0696. The van der Waals surface area contributed by atoms with Crippen molar-refractivity contribution in [1.29, 1.82) is 0 Å². The summed E-state index contributed by atoms with van der Waals surface area (Å²) in [6.45, 7) is 2.86. The van der Waals surface area contributed by atoms with Crippen molar-refractivity contribution >= 4 is 17.7 Å². The van der Waals surface area contributed by atoms with Crippen LogP contribution in [-0.4, -0.2) is 44.8 Å². The summed E-state index contributed by atoms with van der Waals surface area (Å²) >= 11 is 0. The van der Waals surface area contributed by atoms with E-state index < -0.39 is 5.97 Å². The molecule has 1 aromatic heterocycles. The van der Waals surface area contributed by atoms with Crippen molar-refractivity contribution in [1.82, 2.24) is 9.97 Å². The Morgan fingerprint density at radius 1 is 1.36 bits per heavy atom. The fourth-order valence-electron chi connectivity index (χ4n) is 2.52. The molecule has 122 valence electrons. The van der Waals surface area contributed by atoms with E-state index in [1.54, 1.807) is 0 Å². The lowest BCUT2D eigenvalue weighted by Crippen LogP contribution is -2.29. The molecule has 1 aliphatic rings. The molecular weight excluding hydrogens is 284 g/mol. The Morgan fingerprint density at radius 2 is 2.09 bits per heavy atom. The highest BCUT2D eigenvalue weighted by Gasteiger charge is 2.22. The maximum Gasteiger partial charge on any atom is 0.341 e. The third-order valence-corrected chi connectivity index (χ3v) is 3.87. The number of nitrogens with zero attached hydrogens (tertiary/aromatic N) is 2. The third kappa shape index (κ3) is 4.56. The molecule has 1 heterocycles. The van der Waals surface area contributed by atoms with Gasteiger partial charge >= 0.3 is 5.97 Å². The van der Waals surface area contributed by atoms with Gasteiger partial charge in [-0.05, 0) is 32.1 Å². The van der Waals surface area contributed by atoms with Crippen LogP contribution >= 0.6 is 0 Å². The van der Waals surface area contributed by atoms with Crippen LogP contribution in [0, 0.1) is 0 Å². The van der Waals surface area contributed by atoms with Crippen molar-refractivity contribution in [2.75, 3.05) is 17.2 Å². The molecule has 22 heavy (non-hydrogen) atoms. The number of aliphatic hydroxyl groups excluding tert-OH is 1. The van der Waals surface area contributed by atoms with E-state index in [1.165, 1.54) is 6.20 Å². The number of unbranched alkanes of at least 4 members (excludes halogenated alkanes) is 1. The first-order valence-corrected chi connectivity index (χ1v) is 7.89. The van der Waals surface area contributed by atoms with Crippen LogP contribution in [0.15, 0.2) is 6.20 Å². The van der Waals surface area contributed by atoms with Gasteiger partial charge in [-0.3, -0.25) is 0 Å². The average molecular weight is 308 g/mol. The SMILES string of the molecule is CCCCNc1ncc(C(=O)O)c(NC2CCC(O)CC2)n1. The summed E-state index contributed by atoms with van der Waals surface area (Å²) in [5.74, 6) is -0.252. The lowest BCUT2D eigenvalue weighted by atomic mass is 9.93. The number of nitrogens with one attached hydrogen (secondary N) is 2. The highest BCUT2D eigenvalue weighted by molar-refractivity contribution is 5.93. The molecule has 0 bridgehead atoms. The van der Waals surface area contributed by atoms with E-state index in [-0.39, 0.29) is 17.7 Å². The van der Waals surface area contributed by atoms with Crippen molar-refractivity contribution in [3.8, 4) is 0 Å². The molecule has 0 amide bonds. The van der Waals surface area contributed by atoms with Crippen LogP contribution in [0.4, 0.5) is 11.8 Å². The quantitative estimate of drug-likeness (QED) is 0.571. The highest BCUT2D eigenvalue weighted by Crippen LogP contribution is 2.23. The van der Waals surface area contributed by atoms with Crippen LogP contribution in [0.1, 0.15) is 55.8 Å². The smallest absolute Gasteiger partial charge is 0.341 e. The van der Waals surface area contributed by atoms with Crippen LogP contribution < -0.4 is 10.6 Å². The van der Waals surface area contributed by atoms with Gasteiger partial charge in [0.25, 0.3) is 0 Å². The van der Waals surface area contributed by atoms with E-state index in [0.29, 0.717) is 11.8 Å². The van der Waals surface area contributed by atoms with Crippen molar-refractivity contribution in [2.45, 2.75) is 57.6 Å². The molecule has 2 rings (SSSR count). The third-order valence-electron chi connectivity index (χ3n) is 3.87. The highest BCUT2D eigenvalue weighted by atomic mass is 16.4. The van der Waals surface area contributed by atoms with Crippen molar-refractivity contribution in [3.05, 3.63) is 11.8 Å². The first kappa shape index (κ1) is 16.5. The van der Waals surface area contributed by atoms with Gasteiger partial charge in [-0.1, -0.05) is 13.3 Å². The second-order valence-corrected chi connectivity index (χ2v) is 5.69. The van der Waals surface area contributed by atoms with Crippen molar-refractivity contribution in [3.63, 3.8) is 0 Å². The summed E-state index contributed by atoms with van der Waals surface area (Å²) in [6, 6.07) is 0.139. The fourth-order valence-corrected chi connectivity index (χ4v) is 2.52. The first-order valence-electron chi connectivity index (χ1n) is 7.89. The van der Waals surface area contributed by atoms with Crippen LogP contribution in [0.3, 0.4) is 0 Å². The Bertz CT molecular complexity index is 502. The second-order valence-electron chi connectivity index (χ2n) is 5.69. The van der Waals surface area contributed by atoms with E-state index in [9.17, 15) is 15.0 Å². The number of carbonyl (C=O) groups is 1. The number of aromatic nitrogens is 2. The number of hydrogen-bond acceptors (Lipinski definition) is 6. The Morgan fingerprint density at radius 3 is 2.73 bits per heavy atom. The molecule has 0 saturated heterocycles. The van der Waals surface area contributed by atoms with Crippen LogP contribution in [0.25, 0.3) is 0 Å². The van der Waals surface area contributed by atoms with Gasteiger partial charge in [-0.25, -0.2) is 9.78 Å². The van der Waals surface area contributed by atoms with Crippen molar-refractivity contribution < 1.29 is 15.0 Å². The van der Waals surface area contributed by atoms with Gasteiger partial charge in [-0.15, -0.1) is 0 Å². The van der Waals surface area contributed by atoms with Gasteiger partial charge in [0.2, 0.25) is 5.95 Å². The summed E-state index contributed by atoms with van der Waals surface area (Å²) in [6.07, 6.45) is 6.24. The summed E-state index contributed by atoms with van der Waals surface area (Å²) in [5.41, 5.74) is 0.0761. The van der Waals surface area contributed by atoms with Gasteiger partial charge in [-0.2, -0.15) is 4.98 Å². The van der Waals surface area contributed by atoms with E-state index in [4.69, 9.17) is 0 Å². The molecule has 1 aliphatic carbocycles. The molecule has 0 unspecified atom stereocenters. The Kier molecular flexibility index (Phi) is 5.94. The molecule has 0 aliphatic heterocycles. The number of rotatable bonds is 7. The zero-order chi connectivity index (χ0) is 15.9. The summed E-state index contributed by atoms with van der Waals surface area (Å²) in [5, 5.41) is 25.1. The molecule has 0 aromatic carbocycles. The van der Waals surface area contributed by atoms with E-state index >= 15 is 0 Å². The van der Waals surface area contributed by atoms with E-state index in [2.05, 4.69) is 27.5 Å². The fraction of sp³-hybridized carbons (Fsp3) is 0.667. The monoisotopic (exact) mass is 308 g/mol. The van der Waals surface area contributed by atoms with Crippen LogP contribution in [0.5, 0.6) is 0 Å². The number of anilines is 2. The minimum atomic E-state index is -1.04. The van der Waals surface area contributed by atoms with Crippen LogP contribution in [0.2, 0.25) is 0 Å². The summed E-state index contributed by atoms with van der Waals surface area (Å²) in [4.78, 5) is 19.7. The Hall–Kier alpha value is -1.89. The van der Waals surface area contributed by atoms with E-state index in [1.807, 2.05) is 0 Å². The summed E-state index contributed by atoms with van der Waals surface area (Å²) < 4.78 is 0.